The van der Waals surface area contributed by atoms with Crippen LogP contribution in [-0.4, -0.2) is 69.1 Å². The maximum atomic E-state index is 12.6. The summed E-state index contributed by atoms with van der Waals surface area (Å²) in [5.74, 6) is 0.304. The molecule has 1 aliphatic heterocycles. The number of sulfonamides is 1. The molecule has 1 aliphatic carbocycles. The van der Waals surface area contributed by atoms with Crippen molar-refractivity contribution in [1.29, 1.82) is 0 Å². The van der Waals surface area contributed by atoms with Gasteiger partial charge in [-0.3, -0.25) is 4.79 Å². The smallest absolute Gasteiger partial charge is 0.225 e. The molecule has 1 amide bonds. The Morgan fingerprint density at radius 2 is 1.91 bits per heavy atom. The van der Waals surface area contributed by atoms with Crippen LogP contribution in [0.15, 0.2) is 0 Å². The highest BCUT2D eigenvalue weighted by atomic mass is 32.2. The molecule has 1 N–H and O–H groups in total. The van der Waals surface area contributed by atoms with Crippen molar-refractivity contribution in [3.05, 3.63) is 0 Å². The Labute approximate surface area is 134 Å². The largest absolute Gasteiger partial charge is 0.341 e. The fourth-order valence-electron chi connectivity index (χ4n) is 3.46. The third kappa shape index (κ3) is 4.00. The van der Waals surface area contributed by atoms with E-state index in [9.17, 15) is 13.2 Å². The second kappa shape index (κ2) is 7.75. The quantitative estimate of drug-likeness (QED) is 0.776. The van der Waals surface area contributed by atoms with Gasteiger partial charge in [0.1, 0.15) is 0 Å². The molecule has 2 rings (SSSR count). The van der Waals surface area contributed by atoms with E-state index in [1.807, 2.05) is 7.05 Å². The lowest BCUT2D eigenvalue weighted by Crippen LogP contribution is -2.50. The van der Waals surface area contributed by atoms with E-state index in [0.29, 0.717) is 32.6 Å². The van der Waals surface area contributed by atoms with Gasteiger partial charge >= 0.3 is 0 Å². The molecule has 1 atom stereocenters. The van der Waals surface area contributed by atoms with E-state index >= 15 is 0 Å². The monoisotopic (exact) mass is 331 g/mol. The summed E-state index contributed by atoms with van der Waals surface area (Å²) in [7, 11) is 0.113. The summed E-state index contributed by atoms with van der Waals surface area (Å²) in [5, 5.41) is 2.52. The number of hydrogen-bond donors (Lipinski definition) is 1. The van der Waals surface area contributed by atoms with E-state index < -0.39 is 15.3 Å². The third-order valence-electron chi connectivity index (χ3n) is 4.93. The predicted molar refractivity (Wildman–Crippen MR) is 87.0 cm³/mol. The Kier molecular flexibility index (Phi) is 6.23. The van der Waals surface area contributed by atoms with Crippen molar-refractivity contribution in [1.82, 2.24) is 14.5 Å². The van der Waals surface area contributed by atoms with Crippen LogP contribution in [0.5, 0.6) is 0 Å². The summed E-state index contributed by atoms with van der Waals surface area (Å²) in [6.07, 6.45) is 5.62. The molecule has 128 valence electrons. The topological polar surface area (TPSA) is 69.7 Å². The van der Waals surface area contributed by atoms with E-state index in [2.05, 4.69) is 5.32 Å². The number of hydrogen-bond acceptors (Lipinski definition) is 4. The summed E-state index contributed by atoms with van der Waals surface area (Å²) in [4.78, 5) is 14.3. The number of nitrogens with zero attached hydrogens (tertiary/aromatic N) is 2. The molecule has 0 aromatic heterocycles. The van der Waals surface area contributed by atoms with Crippen molar-refractivity contribution in [2.24, 2.45) is 5.92 Å². The van der Waals surface area contributed by atoms with Gasteiger partial charge in [0.2, 0.25) is 15.9 Å². The second-order valence-corrected chi connectivity index (χ2v) is 8.82. The van der Waals surface area contributed by atoms with Crippen LogP contribution in [0.1, 0.15) is 38.5 Å². The van der Waals surface area contributed by atoms with Crippen molar-refractivity contribution in [3.63, 3.8) is 0 Å². The molecule has 22 heavy (non-hydrogen) atoms. The average molecular weight is 331 g/mol. The predicted octanol–water partition coefficient (Wildman–Crippen LogP) is 0.649. The molecular weight excluding hydrogens is 302 g/mol. The Balaban J connectivity index is 1.98. The van der Waals surface area contributed by atoms with Crippen molar-refractivity contribution in [3.8, 4) is 0 Å². The first kappa shape index (κ1) is 17.7. The minimum absolute atomic E-state index is 0.128. The zero-order valence-corrected chi connectivity index (χ0v) is 14.6. The van der Waals surface area contributed by atoms with Gasteiger partial charge in [-0.05, 0) is 32.7 Å². The van der Waals surface area contributed by atoms with Gasteiger partial charge in [0.05, 0.1) is 5.25 Å². The van der Waals surface area contributed by atoms with Crippen LogP contribution >= 0.6 is 0 Å². The lowest BCUT2D eigenvalue weighted by atomic mass is 10.0. The fraction of sp³-hybridized carbons (Fsp3) is 0.933. The number of amides is 1. The SMILES string of the molecule is CNCCN(C)S(=O)(=O)C1CCCN(C(=O)C2CCCC2)C1. The average Bonchev–Trinajstić information content (AvgIpc) is 3.06. The molecule has 1 heterocycles. The van der Waals surface area contributed by atoms with Gasteiger partial charge in [-0.25, -0.2) is 12.7 Å². The van der Waals surface area contributed by atoms with Crippen molar-refractivity contribution < 1.29 is 13.2 Å². The Morgan fingerprint density at radius 3 is 2.55 bits per heavy atom. The van der Waals surface area contributed by atoms with Gasteiger partial charge in [-0.1, -0.05) is 12.8 Å². The maximum Gasteiger partial charge on any atom is 0.225 e. The molecule has 6 nitrogen and oxygen atoms in total. The summed E-state index contributed by atoms with van der Waals surface area (Å²) < 4.78 is 26.7. The van der Waals surface area contributed by atoms with Crippen molar-refractivity contribution >= 4 is 15.9 Å². The van der Waals surface area contributed by atoms with Gasteiger partial charge in [0, 0.05) is 39.1 Å². The first-order valence-electron chi connectivity index (χ1n) is 8.35. The van der Waals surface area contributed by atoms with E-state index in [-0.39, 0.29) is 11.8 Å². The van der Waals surface area contributed by atoms with Crippen LogP contribution in [-0.2, 0) is 14.8 Å². The summed E-state index contributed by atoms with van der Waals surface area (Å²) >= 11 is 0. The molecule has 0 spiro atoms. The molecule has 7 heteroatoms. The highest BCUT2D eigenvalue weighted by molar-refractivity contribution is 7.89. The van der Waals surface area contributed by atoms with Crippen LogP contribution in [0.2, 0.25) is 0 Å². The van der Waals surface area contributed by atoms with Crippen molar-refractivity contribution in [2.75, 3.05) is 40.3 Å². The zero-order chi connectivity index (χ0) is 16.2. The van der Waals surface area contributed by atoms with Crippen LogP contribution in [0.4, 0.5) is 0 Å². The molecule has 0 aromatic carbocycles. The van der Waals surface area contributed by atoms with Gasteiger partial charge < -0.3 is 10.2 Å². The molecule has 0 bridgehead atoms. The summed E-state index contributed by atoms with van der Waals surface area (Å²) in [6, 6.07) is 0. The Bertz CT molecular complexity index is 474. The highest BCUT2D eigenvalue weighted by Gasteiger charge is 2.37. The lowest BCUT2D eigenvalue weighted by molar-refractivity contribution is -0.136. The molecule has 2 fully saturated rings. The van der Waals surface area contributed by atoms with Crippen LogP contribution in [0.25, 0.3) is 0 Å². The normalized spacial score (nSPS) is 24.1. The molecular formula is C15H29N3O3S. The van der Waals surface area contributed by atoms with E-state index in [4.69, 9.17) is 0 Å². The highest BCUT2D eigenvalue weighted by Crippen LogP contribution is 2.28. The standard InChI is InChI=1S/C15H29N3O3S/c1-16-9-11-17(2)22(20,21)14-8-5-10-18(12-14)15(19)13-6-3-4-7-13/h13-14,16H,3-12H2,1-2H3. The number of likely N-dealkylation sites (N-methyl/N-ethyl adjacent to an activating group) is 2. The molecule has 2 aliphatic rings. The molecule has 0 aromatic rings. The third-order valence-corrected chi connectivity index (χ3v) is 7.21. The summed E-state index contributed by atoms with van der Waals surface area (Å²) in [5.41, 5.74) is 0. The van der Waals surface area contributed by atoms with Gasteiger partial charge in [0.25, 0.3) is 0 Å². The van der Waals surface area contributed by atoms with E-state index in [0.717, 1.165) is 32.1 Å². The number of rotatable bonds is 6. The first-order chi connectivity index (χ1) is 10.5. The number of carbonyl (C=O) groups excluding carboxylic acids is 1. The number of nitrogens with one attached hydrogen (secondary N) is 1. The van der Waals surface area contributed by atoms with Gasteiger partial charge in [0.15, 0.2) is 0 Å². The fourth-order valence-corrected chi connectivity index (χ4v) is 5.15. The number of carbonyl (C=O) groups is 1. The zero-order valence-electron chi connectivity index (χ0n) is 13.8. The Hall–Kier alpha value is -0.660. The van der Waals surface area contributed by atoms with E-state index in [1.54, 1.807) is 11.9 Å². The molecule has 0 radical (unpaired) electrons. The van der Waals surface area contributed by atoms with Gasteiger partial charge in [-0.15, -0.1) is 0 Å². The minimum Gasteiger partial charge on any atom is -0.341 e. The summed E-state index contributed by atoms with van der Waals surface area (Å²) in [6.45, 7) is 2.17. The molecule has 1 saturated carbocycles. The molecule has 1 unspecified atom stereocenters. The second-order valence-electron chi connectivity index (χ2n) is 6.50. The van der Waals surface area contributed by atoms with Crippen LogP contribution in [0.3, 0.4) is 0 Å². The number of piperidine rings is 1. The van der Waals surface area contributed by atoms with Crippen molar-refractivity contribution in [2.45, 2.75) is 43.8 Å². The van der Waals surface area contributed by atoms with Crippen LogP contribution in [0, 0.1) is 5.92 Å². The minimum atomic E-state index is -3.32. The van der Waals surface area contributed by atoms with E-state index in [1.165, 1.54) is 4.31 Å². The maximum absolute atomic E-state index is 12.6. The van der Waals surface area contributed by atoms with Crippen LogP contribution < -0.4 is 5.32 Å². The van der Waals surface area contributed by atoms with Gasteiger partial charge in [-0.2, -0.15) is 0 Å². The first-order valence-corrected chi connectivity index (χ1v) is 9.85. The Morgan fingerprint density at radius 1 is 1.23 bits per heavy atom. The number of likely N-dealkylation sites (tertiary alicyclic amines) is 1. The molecule has 1 saturated heterocycles. The lowest BCUT2D eigenvalue weighted by Gasteiger charge is -2.35.